The first kappa shape index (κ1) is 18.6. The molecule has 0 saturated carbocycles. The van der Waals surface area contributed by atoms with E-state index in [0.717, 1.165) is 18.5 Å². The van der Waals surface area contributed by atoms with E-state index in [9.17, 15) is 9.59 Å². The number of nitrogens with zero attached hydrogens (tertiary/aromatic N) is 5. The van der Waals surface area contributed by atoms with Crippen LogP contribution in [0, 0.1) is 5.92 Å². The van der Waals surface area contributed by atoms with Crippen LogP contribution in [0.1, 0.15) is 12.8 Å². The van der Waals surface area contributed by atoms with Crippen LogP contribution in [0.4, 0.5) is 16.2 Å². The Balaban J connectivity index is 1.34. The number of pyridine rings is 1. The van der Waals surface area contributed by atoms with Gasteiger partial charge in [-0.15, -0.1) is 0 Å². The third-order valence-electron chi connectivity index (χ3n) is 4.77. The monoisotopic (exact) mass is 391 g/mol. The maximum absolute atomic E-state index is 12.6. The van der Waals surface area contributed by atoms with Crippen LogP contribution in [0.15, 0.2) is 61.3 Å². The molecule has 3 heterocycles. The number of carbonyl (C=O) groups is 2. The van der Waals surface area contributed by atoms with Gasteiger partial charge in [0.05, 0.1) is 17.8 Å². The lowest BCUT2D eigenvalue weighted by atomic mass is 9.97. The fraction of sp³-hybridized carbons (Fsp3) is 0.250. The molecule has 3 aromatic rings. The van der Waals surface area contributed by atoms with E-state index >= 15 is 0 Å². The first-order chi connectivity index (χ1) is 14.2. The van der Waals surface area contributed by atoms with Gasteiger partial charge in [0, 0.05) is 18.8 Å². The molecule has 1 atom stereocenters. The van der Waals surface area contributed by atoms with Crippen LogP contribution in [0.2, 0.25) is 0 Å². The van der Waals surface area contributed by atoms with Gasteiger partial charge in [0.15, 0.2) is 5.82 Å². The number of anilines is 2. The maximum atomic E-state index is 12.6. The highest BCUT2D eigenvalue weighted by atomic mass is 16.2. The third-order valence-corrected chi connectivity index (χ3v) is 4.77. The number of nitrogens with one attached hydrogen (secondary N) is 2. The Morgan fingerprint density at radius 2 is 1.90 bits per heavy atom. The average Bonchev–Trinajstić information content (AvgIpc) is 3.30. The zero-order valence-corrected chi connectivity index (χ0v) is 15.7. The molecule has 9 heteroatoms. The topological polar surface area (TPSA) is 105 Å². The number of hydrogen-bond donors (Lipinski definition) is 2. The standard InChI is InChI=1S/C20H21N7O2/c28-19(24-16-6-2-1-3-7-16)15-5-4-10-26(12-15)20(29)25-17-8-9-18(22-11-17)27-14-21-13-23-27/h1-3,6-9,11,13-15H,4-5,10,12H2,(H,24,28)(H,25,29). The lowest BCUT2D eigenvalue weighted by molar-refractivity contribution is -0.121. The van der Waals surface area contributed by atoms with E-state index in [4.69, 9.17) is 0 Å². The van der Waals surface area contributed by atoms with Gasteiger partial charge in [-0.25, -0.2) is 19.4 Å². The van der Waals surface area contributed by atoms with Crippen molar-refractivity contribution in [2.75, 3.05) is 23.7 Å². The van der Waals surface area contributed by atoms with E-state index < -0.39 is 0 Å². The van der Waals surface area contributed by atoms with E-state index in [1.807, 2.05) is 30.3 Å². The van der Waals surface area contributed by atoms with Crippen LogP contribution in [-0.4, -0.2) is 49.7 Å². The molecule has 148 valence electrons. The summed E-state index contributed by atoms with van der Waals surface area (Å²) in [6, 6.07) is 12.6. The normalized spacial score (nSPS) is 16.3. The molecule has 0 radical (unpaired) electrons. The van der Waals surface area contributed by atoms with Gasteiger partial charge in [-0.05, 0) is 37.1 Å². The second kappa shape index (κ2) is 8.51. The van der Waals surface area contributed by atoms with Gasteiger partial charge in [-0.3, -0.25) is 4.79 Å². The Morgan fingerprint density at radius 3 is 2.62 bits per heavy atom. The third kappa shape index (κ3) is 4.57. The van der Waals surface area contributed by atoms with Crippen molar-refractivity contribution in [3.05, 3.63) is 61.3 Å². The molecular formula is C20H21N7O2. The van der Waals surface area contributed by atoms with E-state index in [2.05, 4.69) is 25.7 Å². The van der Waals surface area contributed by atoms with Crippen LogP contribution in [0.25, 0.3) is 5.82 Å². The molecule has 1 unspecified atom stereocenters. The lowest BCUT2D eigenvalue weighted by Crippen LogP contribution is -2.45. The molecule has 1 saturated heterocycles. The van der Waals surface area contributed by atoms with Crippen LogP contribution >= 0.6 is 0 Å². The predicted molar refractivity (Wildman–Crippen MR) is 108 cm³/mol. The summed E-state index contributed by atoms with van der Waals surface area (Å²) < 4.78 is 1.53. The molecule has 4 rings (SSSR count). The van der Waals surface area contributed by atoms with E-state index in [-0.39, 0.29) is 17.9 Å². The van der Waals surface area contributed by atoms with Crippen molar-refractivity contribution in [2.45, 2.75) is 12.8 Å². The van der Waals surface area contributed by atoms with E-state index in [0.29, 0.717) is 24.6 Å². The van der Waals surface area contributed by atoms with Crippen molar-refractivity contribution in [2.24, 2.45) is 5.92 Å². The molecule has 2 N–H and O–H groups in total. The minimum absolute atomic E-state index is 0.0625. The Labute approximate surface area is 167 Å². The number of carbonyl (C=O) groups excluding carboxylic acids is 2. The fourth-order valence-electron chi connectivity index (χ4n) is 3.27. The van der Waals surface area contributed by atoms with Crippen LogP contribution < -0.4 is 10.6 Å². The molecular weight excluding hydrogens is 370 g/mol. The summed E-state index contributed by atoms with van der Waals surface area (Å²) in [4.78, 5) is 35.0. The smallest absolute Gasteiger partial charge is 0.321 e. The summed E-state index contributed by atoms with van der Waals surface area (Å²) in [7, 11) is 0. The number of amides is 3. The molecule has 0 aliphatic carbocycles. The molecule has 2 aromatic heterocycles. The number of aromatic nitrogens is 4. The second-order valence-corrected chi connectivity index (χ2v) is 6.82. The van der Waals surface area contributed by atoms with Crippen LogP contribution in [-0.2, 0) is 4.79 Å². The van der Waals surface area contributed by atoms with Crippen molar-refractivity contribution in [3.8, 4) is 5.82 Å². The number of likely N-dealkylation sites (tertiary alicyclic amines) is 1. The van der Waals surface area contributed by atoms with Gasteiger partial charge in [0.1, 0.15) is 12.7 Å². The zero-order chi connectivity index (χ0) is 20.1. The summed E-state index contributed by atoms with van der Waals surface area (Å²) in [5.74, 6) is 0.311. The summed E-state index contributed by atoms with van der Waals surface area (Å²) >= 11 is 0. The fourth-order valence-corrected chi connectivity index (χ4v) is 3.27. The van der Waals surface area contributed by atoms with Crippen molar-refractivity contribution in [1.29, 1.82) is 0 Å². The van der Waals surface area contributed by atoms with Crippen molar-refractivity contribution in [3.63, 3.8) is 0 Å². The quantitative estimate of drug-likeness (QED) is 0.711. The lowest BCUT2D eigenvalue weighted by Gasteiger charge is -2.32. The largest absolute Gasteiger partial charge is 0.326 e. The van der Waals surface area contributed by atoms with Crippen molar-refractivity contribution in [1.82, 2.24) is 24.6 Å². The summed E-state index contributed by atoms with van der Waals surface area (Å²) in [5.41, 5.74) is 1.34. The summed E-state index contributed by atoms with van der Waals surface area (Å²) in [6.45, 7) is 1.00. The highest BCUT2D eigenvalue weighted by Crippen LogP contribution is 2.20. The zero-order valence-electron chi connectivity index (χ0n) is 15.7. The van der Waals surface area contributed by atoms with Gasteiger partial charge < -0.3 is 15.5 Å². The van der Waals surface area contributed by atoms with E-state index in [1.54, 1.807) is 29.6 Å². The molecule has 1 aromatic carbocycles. The molecule has 1 aliphatic rings. The average molecular weight is 391 g/mol. The summed E-state index contributed by atoms with van der Waals surface area (Å²) in [6.07, 6.45) is 6.09. The minimum atomic E-state index is -0.238. The van der Waals surface area contributed by atoms with Gasteiger partial charge in [0.25, 0.3) is 0 Å². The summed E-state index contributed by atoms with van der Waals surface area (Å²) in [5, 5.41) is 9.78. The molecule has 0 bridgehead atoms. The number of piperidine rings is 1. The number of para-hydroxylation sites is 1. The Hall–Kier alpha value is -3.75. The highest BCUT2D eigenvalue weighted by Gasteiger charge is 2.28. The number of urea groups is 1. The SMILES string of the molecule is O=C(Nc1ccccc1)C1CCCN(C(=O)Nc2ccc(-n3cncn3)nc2)C1. The van der Waals surface area contributed by atoms with Crippen molar-refractivity contribution < 1.29 is 9.59 Å². The maximum Gasteiger partial charge on any atom is 0.321 e. The van der Waals surface area contributed by atoms with Crippen LogP contribution in [0.3, 0.4) is 0 Å². The number of hydrogen-bond acceptors (Lipinski definition) is 5. The first-order valence-corrected chi connectivity index (χ1v) is 9.42. The Morgan fingerprint density at radius 1 is 1.03 bits per heavy atom. The minimum Gasteiger partial charge on any atom is -0.326 e. The van der Waals surface area contributed by atoms with Crippen LogP contribution in [0.5, 0.6) is 0 Å². The van der Waals surface area contributed by atoms with Crippen molar-refractivity contribution >= 4 is 23.3 Å². The molecule has 1 fully saturated rings. The Bertz CT molecular complexity index is 958. The Kier molecular flexibility index (Phi) is 5.46. The number of rotatable bonds is 4. The molecule has 9 nitrogen and oxygen atoms in total. The van der Waals surface area contributed by atoms with Gasteiger partial charge in [-0.2, -0.15) is 5.10 Å². The molecule has 0 spiro atoms. The predicted octanol–water partition coefficient (Wildman–Crippen LogP) is 2.54. The first-order valence-electron chi connectivity index (χ1n) is 9.42. The van der Waals surface area contributed by atoms with Gasteiger partial charge >= 0.3 is 6.03 Å². The van der Waals surface area contributed by atoms with Gasteiger partial charge in [0.2, 0.25) is 5.91 Å². The highest BCUT2D eigenvalue weighted by molar-refractivity contribution is 5.94. The molecule has 3 amide bonds. The van der Waals surface area contributed by atoms with E-state index in [1.165, 1.54) is 11.0 Å². The number of benzene rings is 1. The van der Waals surface area contributed by atoms with Gasteiger partial charge in [-0.1, -0.05) is 18.2 Å². The molecule has 1 aliphatic heterocycles. The second-order valence-electron chi connectivity index (χ2n) is 6.82. The molecule has 29 heavy (non-hydrogen) atoms.